The van der Waals surface area contributed by atoms with Crippen LogP contribution in [0.1, 0.15) is 11.4 Å². The number of nitrogen functional groups attached to an aromatic ring is 1. The zero-order valence-corrected chi connectivity index (χ0v) is 10.7. The van der Waals surface area contributed by atoms with E-state index in [2.05, 4.69) is 9.97 Å². The summed E-state index contributed by atoms with van der Waals surface area (Å²) in [6.07, 6.45) is 3.81. The smallest absolute Gasteiger partial charge is 0.297 e. The molecule has 5 heteroatoms. The van der Waals surface area contributed by atoms with E-state index in [1.807, 2.05) is 42.9 Å². The first kappa shape index (κ1) is 11.9. The van der Waals surface area contributed by atoms with E-state index in [4.69, 9.17) is 5.73 Å². The number of nitrogens with two attached hydrogens (primary N) is 1. The zero-order valence-electron chi connectivity index (χ0n) is 9.92. The van der Waals surface area contributed by atoms with Gasteiger partial charge in [-0.2, -0.15) is 0 Å². The number of nitrogens with zero attached hydrogens (tertiary/aromatic N) is 3. The van der Waals surface area contributed by atoms with Gasteiger partial charge in [-0.25, -0.2) is 9.55 Å². The summed E-state index contributed by atoms with van der Waals surface area (Å²) in [4.78, 5) is 8.55. The fourth-order valence-electron chi connectivity index (χ4n) is 1.41. The Labute approximate surface area is 105 Å². The predicted octanol–water partition coefficient (Wildman–Crippen LogP) is 1.48. The molecule has 88 valence electrons. The monoisotopic (exact) mass is 247 g/mol. The third kappa shape index (κ3) is 2.94. The molecule has 0 radical (unpaired) electrons. The normalized spacial score (nSPS) is 10.5. The lowest BCUT2D eigenvalue weighted by Gasteiger charge is -2.02. The molecule has 2 heterocycles. The zero-order chi connectivity index (χ0) is 12.3. The van der Waals surface area contributed by atoms with Crippen molar-refractivity contribution in [2.45, 2.75) is 17.7 Å². The first-order chi connectivity index (χ1) is 8.16. The van der Waals surface area contributed by atoms with Gasteiger partial charge in [-0.1, -0.05) is 6.07 Å². The molecule has 0 saturated carbocycles. The molecule has 0 bridgehead atoms. The van der Waals surface area contributed by atoms with Crippen molar-refractivity contribution < 1.29 is 4.57 Å². The first-order valence-corrected chi connectivity index (χ1v) is 6.31. The lowest BCUT2D eigenvalue weighted by Crippen LogP contribution is -2.34. The topological polar surface area (TPSA) is 55.7 Å². The third-order valence-corrected chi connectivity index (χ3v) is 3.48. The number of hydrogen-bond acceptors (Lipinski definition) is 4. The van der Waals surface area contributed by atoms with Gasteiger partial charge in [-0.15, -0.1) is 11.8 Å². The largest absolute Gasteiger partial charge is 0.363 e. The van der Waals surface area contributed by atoms with E-state index in [-0.39, 0.29) is 0 Å². The fraction of sp³-hybridized carbons (Fsp3) is 0.250. The summed E-state index contributed by atoms with van der Waals surface area (Å²) in [6.45, 7) is 1.94. The van der Waals surface area contributed by atoms with Crippen molar-refractivity contribution in [2.75, 3.05) is 5.73 Å². The molecule has 0 fully saturated rings. The van der Waals surface area contributed by atoms with Gasteiger partial charge in [0, 0.05) is 18.9 Å². The van der Waals surface area contributed by atoms with E-state index >= 15 is 0 Å². The van der Waals surface area contributed by atoms with E-state index in [9.17, 15) is 0 Å². The molecule has 0 spiro atoms. The fourth-order valence-corrected chi connectivity index (χ4v) is 2.25. The van der Waals surface area contributed by atoms with Crippen molar-refractivity contribution >= 4 is 17.6 Å². The minimum Gasteiger partial charge on any atom is -0.363 e. The van der Waals surface area contributed by atoms with Gasteiger partial charge in [0.15, 0.2) is 0 Å². The Morgan fingerprint density at radius 1 is 1.41 bits per heavy atom. The Morgan fingerprint density at radius 3 is 2.94 bits per heavy atom. The van der Waals surface area contributed by atoms with E-state index in [1.165, 1.54) is 0 Å². The number of thioether (sulfide) groups is 1. The number of pyridine rings is 1. The molecular formula is C12H15N4S+. The lowest BCUT2D eigenvalue weighted by molar-refractivity contribution is -0.681. The van der Waals surface area contributed by atoms with Gasteiger partial charge < -0.3 is 5.73 Å². The van der Waals surface area contributed by atoms with Gasteiger partial charge in [-0.05, 0) is 17.1 Å². The second kappa shape index (κ2) is 5.14. The van der Waals surface area contributed by atoms with Gasteiger partial charge in [-0.3, -0.25) is 0 Å². The van der Waals surface area contributed by atoms with Gasteiger partial charge in [0.25, 0.3) is 5.82 Å². The molecule has 2 aromatic heterocycles. The van der Waals surface area contributed by atoms with Crippen molar-refractivity contribution in [1.29, 1.82) is 0 Å². The number of hydrogen-bond donors (Lipinski definition) is 1. The van der Waals surface area contributed by atoms with Crippen LogP contribution >= 0.6 is 11.8 Å². The van der Waals surface area contributed by atoms with E-state index < -0.39 is 0 Å². The first-order valence-electron chi connectivity index (χ1n) is 5.32. The van der Waals surface area contributed by atoms with Crippen LogP contribution in [0.15, 0.2) is 35.6 Å². The summed E-state index contributed by atoms with van der Waals surface area (Å²) in [5.74, 6) is 2.29. The second-order valence-electron chi connectivity index (χ2n) is 3.77. The lowest BCUT2D eigenvalue weighted by atomic mass is 10.3. The maximum Gasteiger partial charge on any atom is 0.297 e. The number of aryl methyl sites for hydroxylation is 2. The molecule has 4 nitrogen and oxygen atoms in total. The van der Waals surface area contributed by atoms with E-state index in [0.29, 0.717) is 5.82 Å². The molecule has 0 aliphatic carbocycles. The minimum atomic E-state index is 0.601. The Kier molecular flexibility index (Phi) is 3.58. The second-order valence-corrected chi connectivity index (χ2v) is 4.76. The molecule has 2 aromatic rings. The average molecular weight is 247 g/mol. The number of aromatic nitrogens is 3. The van der Waals surface area contributed by atoms with Crippen LogP contribution in [0, 0.1) is 6.92 Å². The minimum absolute atomic E-state index is 0.601. The van der Waals surface area contributed by atoms with Crippen molar-refractivity contribution in [3.8, 4) is 0 Å². The standard InChI is InChI=1S/C12H14N4S/c1-9-15-12(13)10(7-16(9)2)8-17-11-5-3-4-6-14-11/h3-7,13H,8H2,1-2H3/p+1. The van der Waals surface area contributed by atoms with Crippen molar-refractivity contribution in [1.82, 2.24) is 9.97 Å². The van der Waals surface area contributed by atoms with Gasteiger partial charge in [0.05, 0.1) is 17.6 Å². The molecular weight excluding hydrogens is 232 g/mol. The SMILES string of the molecule is Cc1nc(N)c(CSc2ccccn2)c[n+]1C. The number of rotatable bonds is 3. The average Bonchev–Trinajstić information content (AvgIpc) is 2.33. The van der Waals surface area contributed by atoms with Crippen LogP contribution in [0.5, 0.6) is 0 Å². The van der Waals surface area contributed by atoms with E-state index in [1.54, 1.807) is 18.0 Å². The maximum absolute atomic E-state index is 5.90. The highest BCUT2D eigenvalue weighted by Gasteiger charge is 2.12. The van der Waals surface area contributed by atoms with Crippen LogP contribution in [0.4, 0.5) is 5.82 Å². The summed E-state index contributed by atoms with van der Waals surface area (Å²) in [5, 5.41) is 0.995. The molecule has 0 aliphatic heterocycles. The third-order valence-electron chi connectivity index (χ3n) is 2.48. The quantitative estimate of drug-likeness (QED) is 0.659. The highest BCUT2D eigenvalue weighted by Crippen LogP contribution is 2.21. The van der Waals surface area contributed by atoms with Crippen LogP contribution in [0.2, 0.25) is 0 Å². The summed E-state index contributed by atoms with van der Waals surface area (Å²) in [5.41, 5.74) is 6.93. The molecule has 0 aliphatic rings. The van der Waals surface area contributed by atoms with Crippen molar-refractivity contribution in [2.24, 2.45) is 7.05 Å². The van der Waals surface area contributed by atoms with Crippen LogP contribution in [0.3, 0.4) is 0 Å². The molecule has 2 N–H and O–H groups in total. The molecule has 0 amide bonds. The Morgan fingerprint density at radius 2 is 2.24 bits per heavy atom. The Bertz CT molecular complexity index is 513. The predicted molar refractivity (Wildman–Crippen MR) is 68.4 cm³/mol. The molecule has 0 saturated heterocycles. The molecule has 0 aromatic carbocycles. The molecule has 17 heavy (non-hydrogen) atoms. The van der Waals surface area contributed by atoms with Crippen LogP contribution in [-0.4, -0.2) is 9.97 Å². The van der Waals surface area contributed by atoms with E-state index in [0.717, 1.165) is 22.2 Å². The number of anilines is 1. The highest BCUT2D eigenvalue weighted by molar-refractivity contribution is 7.98. The Balaban J connectivity index is 2.12. The summed E-state index contributed by atoms with van der Waals surface area (Å²) in [6, 6.07) is 5.88. The highest BCUT2D eigenvalue weighted by atomic mass is 32.2. The summed E-state index contributed by atoms with van der Waals surface area (Å²) < 4.78 is 1.98. The Hall–Kier alpha value is -1.62. The summed E-state index contributed by atoms with van der Waals surface area (Å²) in [7, 11) is 1.97. The molecule has 0 atom stereocenters. The van der Waals surface area contributed by atoms with Gasteiger partial charge in [0.1, 0.15) is 6.20 Å². The van der Waals surface area contributed by atoms with Crippen LogP contribution in [-0.2, 0) is 12.8 Å². The van der Waals surface area contributed by atoms with Crippen LogP contribution < -0.4 is 10.3 Å². The van der Waals surface area contributed by atoms with Gasteiger partial charge in [0.2, 0.25) is 5.82 Å². The maximum atomic E-state index is 5.90. The van der Waals surface area contributed by atoms with Crippen molar-refractivity contribution in [3.63, 3.8) is 0 Å². The van der Waals surface area contributed by atoms with Crippen molar-refractivity contribution in [3.05, 3.63) is 42.0 Å². The van der Waals surface area contributed by atoms with Crippen LogP contribution in [0.25, 0.3) is 0 Å². The molecule has 0 unspecified atom stereocenters. The summed E-state index contributed by atoms with van der Waals surface area (Å²) >= 11 is 1.66. The molecule has 2 rings (SSSR count). The van der Waals surface area contributed by atoms with Gasteiger partial charge >= 0.3 is 0 Å².